The van der Waals surface area contributed by atoms with Gasteiger partial charge in [0.15, 0.2) is 5.13 Å². The third-order valence-corrected chi connectivity index (χ3v) is 3.93. The van der Waals surface area contributed by atoms with Gasteiger partial charge >= 0.3 is 0 Å². The van der Waals surface area contributed by atoms with E-state index in [9.17, 15) is 4.79 Å². The minimum absolute atomic E-state index is 0.0715. The molecule has 0 aromatic carbocycles. The van der Waals surface area contributed by atoms with E-state index >= 15 is 0 Å². The van der Waals surface area contributed by atoms with Gasteiger partial charge in [0.2, 0.25) is 5.91 Å². The Labute approximate surface area is 115 Å². The summed E-state index contributed by atoms with van der Waals surface area (Å²) in [5.41, 5.74) is 1.87. The van der Waals surface area contributed by atoms with Crippen molar-refractivity contribution < 1.29 is 4.79 Å². The lowest BCUT2D eigenvalue weighted by molar-refractivity contribution is -0.115. The van der Waals surface area contributed by atoms with Crippen molar-refractivity contribution in [1.82, 2.24) is 15.3 Å². The highest BCUT2D eigenvalue weighted by molar-refractivity contribution is 7.15. The Kier molecular flexibility index (Phi) is 3.52. The third-order valence-electron chi connectivity index (χ3n) is 2.92. The molecule has 98 valence electrons. The largest absolute Gasteiger partial charge is 0.311 e. The van der Waals surface area contributed by atoms with Gasteiger partial charge in [0.05, 0.1) is 12.1 Å². The van der Waals surface area contributed by atoms with Crippen LogP contribution in [0.25, 0.3) is 0 Å². The van der Waals surface area contributed by atoms with E-state index in [1.165, 1.54) is 4.88 Å². The molecule has 1 amide bonds. The second-order valence-electron chi connectivity index (χ2n) is 4.36. The molecule has 2 aromatic rings. The number of thiazole rings is 1. The number of rotatable bonds is 3. The number of fused-ring (bicyclic) bond motifs is 1. The number of nitrogens with zero attached hydrogens (tertiary/aromatic N) is 2. The molecule has 19 heavy (non-hydrogen) atoms. The molecule has 0 unspecified atom stereocenters. The van der Waals surface area contributed by atoms with Crippen LogP contribution in [-0.4, -0.2) is 22.4 Å². The Morgan fingerprint density at radius 2 is 2.42 bits per heavy atom. The second-order valence-corrected chi connectivity index (χ2v) is 5.45. The zero-order chi connectivity index (χ0) is 13.1. The van der Waals surface area contributed by atoms with Gasteiger partial charge in [-0.05, 0) is 12.1 Å². The summed E-state index contributed by atoms with van der Waals surface area (Å²) >= 11 is 1.55. The van der Waals surface area contributed by atoms with E-state index in [1.54, 1.807) is 17.5 Å². The third kappa shape index (κ3) is 2.97. The van der Waals surface area contributed by atoms with Gasteiger partial charge in [-0.15, -0.1) is 11.3 Å². The molecule has 2 N–H and O–H groups in total. The van der Waals surface area contributed by atoms with Crippen molar-refractivity contribution in [1.29, 1.82) is 0 Å². The molecule has 5 nitrogen and oxygen atoms in total. The average Bonchev–Trinajstić information content (AvgIpc) is 2.81. The van der Waals surface area contributed by atoms with Gasteiger partial charge in [0, 0.05) is 36.3 Å². The molecule has 0 bridgehead atoms. The van der Waals surface area contributed by atoms with E-state index in [0.717, 1.165) is 30.9 Å². The zero-order valence-electron chi connectivity index (χ0n) is 10.3. The summed E-state index contributed by atoms with van der Waals surface area (Å²) in [6.07, 6.45) is 2.90. The molecule has 6 heteroatoms. The Balaban J connectivity index is 1.65. The molecular weight excluding hydrogens is 260 g/mol. The Bertz CT molecular complexity index is 558. The predicted octanol–water partition coefficient (Wildman–Crippen LogP) is 1.36. The summed E-state index contributed by atoms with van der Waals surface area (Å²) in [4.78, 5) is 21.7. The molecule has 0 spiro atoms. The van der Waals surface area contributed by atoms with E-state index in [0.29, 0.717) is 5.13 Å². The van der Waals surface area contributed by atoms with Gasteiger partial charge in [0.1, 0.15) is 0 Å². The van der Waals surface area contributed by atoms with E-state index in [2.05, 4.69) is 20.6 Å². The quantitative estimate of drug-likeness (QED) is 0.887. The van der Waals surface area contributed by atoms with Crippen LogP contribution in [0.15, 0.2) is 24.4 Å². The Morgan fingerprint density at radius 1 is 1.47 bits per heavy atom. The number of hydrogen-bond donors (Lipinski definition) is 2. The van der Waals surface area contributed by atoms with Crippen molar-refractivity contribution in [3.63, 3.8) is 0 Å². The normalized spacial score (nSPS) is 13.9. The number of anilines is 1. The number of hydrogen-bond acceptors (Lipinski definition) is 5. The van der Waals surface area contributed by atoms with Gasteiger partial charge in [-0.2, -0.15) is 0 Å². The maximum Gasteiger partial charge on any atom is 0.232 e. The van der Waals surface area contributed by atoms with Gasteiger partial charge in [0.25, 0.3) is 0 Å². The highest BCUT2D eigenvalue weighted by Gasteiger charge is 2.16. The zero-order valence-corrected chi connectivity index (χ0v) is 11.2. The van der Waals surface area contributed by atoms with Crippen molar-refractivity contribution in [2.75, 3.05) is 11.9 Å². The first-order chi connectivity index (χ1) is 9.31. The number of aromatic nitrogens is 2. The van der Waals surface area contributed by atoms with E-state index in [-0.39, 0.29) is 12.3 Å². The van der Waals surface area contributed by atoms with Gasteiger partial charge in [-0.3, -0.25) is 9.78 Å². The van der Waals surface area contributed by atoms with E-state index in [1.807, 2.05) is 18.2 Å². The maximum atomic E-state index is 11.9. The molecular formula is C13H14N4OS. The van der Waals surface area contributed by atoms with Crippen LogP contribution in [0.3, 0.4) is 0 Å². The van der Waals surface area contributed by atoms with Crippen LogP contribution in [0.1, 0.15) is 16.3 Å². The summed E-state index contributed by atoms with van der Waals surface area (Å²) in [7, 11) is 0. The van der Waals surface area contributed by atoms with Crippen LogP contribution < -0.4 is 10.6 Å². The van der Waals surface area contributed by atoms with Crippen LogP contribution in [0.4, 0.5) is 5.13 Å². The minimum Gasteiger partial charge on any atom is -0.311 e. The standard InChI is InChI=1S/C13H14N4OS/c18-12(7-9-3-1-2-5-15-9)17-13-16-10-4-6-14-8-11(10)19-13/h1-3,5,14H,4,6-8H2,(H,16,17,18). The molecule has 1 aliphatic heterocycles. The molecule has 2 aromatic heterocycles. The van der Waals surface area contributed by atoms with Crippen LogP contribution in [0, 0.1) is 0 Å². The second kappa shape index (κ2) is 5.46. The van der Waals surface area contributed by atoms with Crippen LogP contribution >= 0.6 is 11.3 Å². The fourth-order valence-electron chi connectivity index (χ4n) is 2.01. The lowest BCUT2D eigenvalue weighted by Crippen LogP contribution is -2.22. The van der Waals surface area contributed by atoms with Crippen LogP contribution in [0.5, 0.6) is 0 Å². The number of amides is 1. The highest BCUT2D eigenvalue weighted by Crippen LogP contribution is 2.25. The molecule has 0 saturated carbocycles. The Hall–Kier alpha value is -1.79. The van der Waals surface area contributed by atoms with Crippen molar-refractivity contribution in [3.05, 3.63) is 40.7 Å². The number of nitrogens with one attached hydrogen (secondary N) is 2. The van der Waals surface area contributed by atoms with Crippen molar-refractivity contribution in [2.45, 2.75) is 19.4 Å². The average molecular weight is 274 g/mol. The molecule has 0 saturated heterocycles. The smallest absolute Gasteiger partial charge is 0.232 e. The first-order valence-electron chi connectivity index (χ1n) is 6.20. The molecule has 0 aliphatic carbocycles. The number of pyridine rings is 1. The van der Waals surface area contributed by atoms with Gasteiger partial charge < -0.3 is 10.6 Å². The predicted molar refractivity (Wildman–Crippen MR) is 74.1 cm³/mol. The number of carbonyl (C=O) groups is 1. The van der Waals surface area contributed by atoms with Crippen molar-refractivity contribution >= 4 is 22.4 Å². The molecule has 1 aliphatic rings. The summed E-state index contributed by atoms with van der Waals surface area (Å²) in [6.45, 7) is 1.81. The molecule has 0 atom stereocenters. The molecule has 3 heterocycles. The highest BCUT2D eigenvalue weighted by atomic mass is 32.1. The molecule has 0 radical (unpaired) electrons. The summed E-state index contributed by atoms with van der Waals surface area (Å²) in [5.74, 6) is -0.0715. The van der Waals surface area contributed by atoms with Gasteiger partial charge in [-0.25, -0.2) is 4.98 Å². The topological polar surface area (TPSA) is 66.9 Å². The van der Waals surface area contributed by atoms with Crippen molar-refractivity contribution in [3.8, 4) is 0 Å². The monoisotopic (exact) mass is 274 g/mol. The lowest BCUT2D eigenvalue weighted by Gasteiger charge is -2.09. The fourth-order valence-corrected chi connectivity index (χ4v) is 3.00. The van der Waals surface area contributed by atoms with Crippen LogP contribution in [0.2, 0.25) is 0 Å². The van der Waals surface area contributed by atoms with Crippen molar-refractivity contribution in [2.24, 2.45) is 0 Å². The number of carbonyl (C=O) groups excluding carboxylic acids is 1. The van der Waals surface area contributed by atoms with Crippen LogP contribution in [-0.2, 0) is 24.2 Å². The summed E-state index contributed by atoms with van der Waals surface area (Å²) in [5, 5.41) is 6.83. The van der Waals surface area contributed by atoms with Gasteiger partial charge in [-0.1, -0.05) is 6.07 Å². The molecule has 0 fully saturated rings. The summed E-state index contributed by atoms with van der Waals surface area (Å²) in [6, 6.07) is 5.56. The van der Waals surface area contributed by atoms with E-state index in [4.69, 9.17) is 0 Å². The first-order valence-corrected chi connectivity index (χ1v) is 7.02. The minimum atomic E-state index is -0.0715. The fraction of sp³-hybridized carbons (Fsp3) is 0.308. The van der Waals surface area contributed by atoms with E-state index < -0.39 is 0 Å². The first kappa shape index (κ1) is 12.3. The SMILES string of the molecule is O=C(Cc1ccccn1)Nc1nc2c(s1)CNCC2. The summed E-state index contributed by atoms with van der Waals surface area (Å²) < 4.78 is 0. The maximum absolute atomic E-state index is 11.9. The Morgan fingerprint density at radius 3 is 3.21 bits per heavy atom. The lowest BCUT2D eigenvalue weighted by atomic mass is 10.2. The molecule has 3 rings (SSSR count).